The smallest absolute Gasteiger partial charge is 0.0233 e. The highest BCUT2D eigenvalue weighted by molar-refractivity contribution is 5.22. The van der Waals surface area contributed by atoms with Gasteiger partial charge in [-0.2, -0.15) is 0 Å². The molecule has 0 saturated carbocycles. The molecular weight excluding hydrogens is 244 g/mol. The normalized spacial score (nSPS) is 20.5. The van der Waals surface area contributed by atoms with Crippen LogP contribution in [0.3, 0.4) is 0 Å². The third-order valence-electron chi connectivity index (χ3n) is 4.25. The summed E-state index contributed by atoms with van der Waals surface area (Å²) in [5.41, 5.74) is 8.61. The van der Waals surface area contributed by atoms with E-state index in [0.717, 1.165) is 24.9 Å². The van der Waals surface area contributed by atoms with Crippen molar-refractivity contribution in [2.45, 2.75) is 46.1 Å². The number of hydrogen-bond donors (Lipinski definition) is 1. The second-order valence-corrected chi connectivity index (χ2v) is 6.74. The molecule has 1 unspecified atom stereocenters. The second-order valence-electron chi connectivity index (χ2n) is 6.74. The topological polar surface area (TPSA) is 29.3 Å². The molecule has 0 spiro atoms. The first kappa shape index (κ1) is 15.5. The number of nitrogens with zero attached hydrogens (tertiary/aromatic N) is 1. The highest BCUT2D eigenvalue weighted by atomic mass is 15.1. The van der Waals surface area contributed by atoms with Crippen molar-refractivity contribution in [1.82, 2.24) is 4.90 Å². The summed E-state index contributed by atoms with van der Waals surface area (Å²) in [7, 11) is 0. The fourth-order valence-corrected chi connectivity index (χ4v) is 3.28. The Labute approximate surface area is 124 Å². The van der Waals surface area contributed by atoms with Gasteiger partial charge in [0.05, 0.1) is 0 Å². The van der Waals surface area contributed by atoms with E-state index >= 15 is 0 Å². The molecule has 112 valence electrons. The van der Waals surface area contributed by atoms with Gasteiger partial charge in [-0.1, -0.05) is 38.1 Å². The van der Waals surface area contributed by atoms with Gasteiger partial charge in [-0.05, 0) is 61.7 Å². The third-order valence-corrected chi connectivity index (χ3v) is 4.25. The average Bonchev–Trinajstić information content (AvgIpc) is 2.41. The molecule has 0 bridgehead atoms. The van der Waals surface area contributed by atoms with Crippen LogP contribution in [0, 0.1) is 11.8 Å². The van der Waals surface area contributed by atoms with Crippen LogP contribution in [0.15, 0.2) is 24.3 Å². The average molecular weight is 274 g/mol. The molecule has 2 N–H and O–H groups in total. The number of nitrogens with two attached hydrogens (primary N) is 1. The fraction of sp³-hybridized carbons (Fsp3) is 0.667. The second kappa shape index (κ2) is 7.80. The Morgan fingerprint density at radius 3 is 2.55 bits per heavy atom. The fourth-order valence-electron chi connectivity index (χ4n) is 3.28. The standard InChI is InChI=1S/C18H30N2/c1-15(2)12-16-5-7-18(8-6-16)14-20-11-3-4-17(13-20)9-10-19/h5-8,15,17H,3-4,9-14,19H2,1-2H3. The zero-order valence-electron chi connectivity index (χ0n) is 13.1. The highest BCUT2D eigenvalue weighted by Crippen LogP contribution is 2.21. The van der Waals surface area contributed by atoms with E-state index in [1.165, 1.54) is 49.9 Å². The molecule has 0 aliphatic carbocycles. The lowest BCUT2D eigenvalue weighted by Crippen LogP contribution is -2.35. The maximum Gasteiger partial charge on any atom is 0.0233 e. The molecule has 0 aromatic heterocycles. The first-order valence-corrected chi connectivity index (χ1v) is 8.17. The lowest BCUT2D eigenvalue weighted by atomic mass is 9.94. The zero-order valence-corrected chi connectivity index (χ0v) is 13.1. The Morgan fingerprint density at radius 2 is 1.90 bits per heavy atom. The first-order valence-electron chi connectivity index (χ1n) is 8.17. The Kier molecular flexibility index (Phi) is 6.06. The van der Waals surface area contributed by atoms with E-state index in [9.17, 15) is 0 Å². The van der Waals surface area contributed by atoms with Crippen molar-refractivity contribution in [2.24, 2.45) is 17.6 Å². The van der Waals surface area contributed by atoms with Gasteiger partial charge in [0, 0.05) is 13.1 Å². The molecule has 0 radical (unpaired) electrons. The molecule has 1 aromatic carbocycles. The van der Waals surface area contributed by atoms with E-state index in [0.29, 0.717) is 0 Å². The molecule has 1 aliphatic rings. The molecule has 1 atom stereocenters. The predicted octanol–water partition coefficient (Wildman–Crippen LogP) is 3.45. The Balaban J connectivity index is 1.86. The Bertz CT molecular complexity index is 381. The van der Waals surface area contributed by atoms with Gasteiger partial charge in [-0.25, -0.2) is 0 Å². The Morgan fingerprint density at radius 1 is 1.20 bits per heavy atom. The van der Waals surface area contributed by atoms with Gasteiger partial charge in [0.25, 0.3) is 0 Å². The SMILES string of the molecule is CC(C)Cc1ccc(CN2CCCC(CCN)C2)cc1. The molecule has 1 heterocycles. The van der Waals surface area contributed by atoms with Gasteiger partial charge in [-0.15, -0.1) is 0 Å². The van der Waals surface area contributed by atoms with E-state index in [1.54, 1.807) is 0 Å². The number of hydrogen-bond acceptors (Lipinski definition) is 2. The van der Waals surface area contributed by atoms with Crippen molar-refractivity contribution >= 4 is 0 Å². The lowest BCUT2D eigenvalue weighted by molar-refractivity contribution is 0.163. The summed E-state index contributed by atoms with van der Waals surface area (Å²) < 4.78 is 0. The summed E-state index contributed by atoms with van der Waals surface area (Å²) >= 11 is 0. The molecule has 2 heteroatoms. The van der Waals surface area contributed by atoms with E-state index < -0.39 is 0 Å². The van der Waals surface area contributed by atoms with Crippen LogP contribution in [0.25, 0.3) is 0 Å². The van der Waals surface area contributed by atoms with Gasteiger partial charge in [-0.3, -0.25) is 4.90 Å². The van der Waals surface area contributed by atoms with Gasteiger partial charge < -0.3 is 5.73 Å². The van der Waals surface area contributed by atoms with Crippen LogP contribution in [-0.2, 0) is 13.0 Å². The van der Waals surface area contributed by atoms with Crippen molar-refractivity contribution in [3.8, 4) is 0 Å². The lowest BCUT2D eigenvalue weighted by Gasteiger charge is -2.32. The van der Waals surface area contributed by atoms with Crippen molar-refractivity contribution in [2.75, 3.05) is 19.6 Å². The van der Waals surface area contributed by atoms with Gasteiger partial charge in [0.1, 0.15) is 0 Å². The molecule has 1 fully saturated rings. The summed E-state index contributed by atoms with van der Waals surface area (Å²) in [5, 5.41) is 0. The van der Waals surface area contributed by atoms with Crippen LogP contribution in [-0.4, -0.2) is 24.5 Å². The van der Waals surface area contributed by atoms with Gasteiger partial charge >= 0.3 is 0 Å². The minimum absolute atomic E-state index is 0.736. The molecule has 0 amide bonds. The summed E-state index contributed by atoms with van der Waals surface area (Å²) in [6.07, 6.45) is 5.06. The predicted molar refractivity (Wildman–Crippen MR) is 86.7 cm³/mol. The van der Waals surface area contributed by atoms with Crippen molar-refractivity contribution < 1.29 is 0 Å². The molecule has 1 saturated heterocycles. The minimum atomic E-state index is 0.736. The Hall–Kier alpha value is -0.860. The number of rotatable bonds is 6. The van der Waals surface area contributed by atoms with E-state index in [1.807, 2.05) is 0 Å². The van der Waals surface area contributed by atoms with Crippen LogP contribution in [0.4, 0.5) is 0 Å². The summed E-state index contributed by atoms with van der Waals surface area (Å²) in [4.78, 5) is 2.60. The van der Waals surface area contributed by atoms with E-state index in [4.69, 9.17) is 5.73 Å². The minimum Gasteiger partial charge on any atom is -0.330 e. The van der Waals surface area contributed by atoms with Crippen LogP contribution >= 0.6 is 0 Å². The largest absolute Gasteiger partial charge is 0.330 e. The number of benzene rings is 1. The maximum absolute atomic E-state index is 5.70. The molecule has 20 heavy (non-hydrogen) atoms. The molecule has 1 aliphatic heterocycles. The highest BCUT2D eigenvalue weighted by Gasteiger charge is 2.19. The zero-order chi connectivity index (χ0) is 14.4. The molecule has 2 rings (SSSR count). The summed E-state index contributed by atoms with van der Waals surface area (Å²) in [6, 6.07) is 9.22. The van der Waals surface area contributed by atoms with Gasteiger partial charge in [0.2, 0.25) is 0 Å². The van der Waals surface area contributed by atoms with Crippen molar-refractivity contribution in [1.29, 1.82) is 0 Å². The summed E-state index contributed by atoms with van der Waals surface area (Å²) in [6.45, 7) is 8.96. The number of piperidine rings is 1. The third kappa shape index (κ3) is 4.92. The maximum atomic E-state index is 5.70. The molecule has 2 nitrogen and oxygen atoms in total. The van der Waals surface area contributed by atoms with Crippen LogP contribution < -0.4 is 5.73 Å². The number of likely N-dealkylation sites (tertiary alicyclic amines) is 1. The first-order chi connectivity index (χ1) is 9.67. The molecule has 1 aromatic rings. The summed E-state index contributed by atoms with van der Waals surface area (Å²) in [5.74, 6) is 1.55. The van der Waals surface area contributed by atoms with Crippen molar-refractivity contribution in [3.63, 3.8) is 0 Å². The van der Waals surface area contributed by atoms with Crippen LogP contribution in [0.2, 0.25) is 0 Å². The van der Waals surface area contributed by atoms with Crippen molar-refractivity contribution in [3.05, 3.63) is 35.4 Å². The van der Waals surface area contributed by atoms with Crippen LogP contribution in [0.1, 0.15) is 44.2 Å². The molecular formula is C18H30N2. The monoisotopic (exact) mass is 274 g/mol. The van der Waals surface area contributed by atoms with Crippen LogP contribution in [0.5, 0.6) is 0 Å². The van der Waals surface area contributed by atoms with E-state index in [-0.39, 0.29) is 0 Å². The van der Waals surface area contributed by atoms with Gasteiger partial charge in [0.15, 0.2) is 0 Å². The quantitative estimate of drug-likeness (QED) is 0.861. The van der Waals surface area contributed by atoms with E-state index in [2.05, 4.69) is 43.0 Å².